The third-order valence-corrected chi connectivity index (χ3v) is 4.25. The van der Waals surface area contributed by atoms with Crippen LogP contribution in [0.3, 0.4) is 0 Å². The van der Waals surface area contributed by atoms with E-state index in [1.807, 2.05) is 19.9 Å². The highest BCUT2D eigenvalue weighted by atomic mass is 16.5. The highest BCUT2D eigenvalue weighted by molar-refractivity contribution is 5.98. The van der Waals surface area contributed by atoms with Crippen LogP contribution >= 0.6 is 0 Å². The van der Waals surface area contributed by atoms with E-state index in [2.05, 4.69) is 4.74 Å². The van der Waals surface area contributed by atoms with Gasteiger partial charge >= 0.3 is 11.9 Å². The van der Waals surface area contributed by atoms with Crippen molar-refractivity contribution in [1.29, 1.82) is 0 Å². The Morgan fingerprint density at radius 2 is 2.04 bits per heavy atom. The molecule has 6 nitrogen and oxygen atoms in total. The Morgan fingerprint density at radius 1 is 1.33 bits per heavy atom. The lowest BCUT2D eigenvalue weighted by molar-refractivity contribution is -0.140. The summed E-state index contributed by atoms with van der Waals surface area (Å²) in [4.78, 5) is 23.0. The van der Waals surface area contributed by atoms with Crippen molar-refractivity contribution < 1.29 is 28.9 Å². The van der Waals surface area contributed by atoms with E-state index in [-0.39, 0.29) is 23.9 Å². The molecule has 1 heterocycles. The molecular formula is C18H22O6. The molecule has 6 heteroatoms. The number of hydrogen-bond acceptors (Lipinski definition) is 6. The van der Waals surface area contributed by atoms with Crippen LogP contribution in [0.2, 0.25) is 0 Å². The monoisotopic (exact) mass is 334 g/mol. The minimum Gasteiger partial charge on any atom is -0.507 e. The Morgan fingerprint density at radius 3 is 2.67 bits per heavy atom. The van der Waals surface area contributed by atoms with Gasteiger partial charge in [0.25, 0.3) is 0 Å². The van der Waals surface area contributed by atoms with Crippen LogP contribution in [-0.2, 0) is 27.3 Å². The van der Waals surface area contributed by atoms with Gasteiger partial charge in [-0.05, 0) is 32.3 Å². The predicted molar refractivity (Wildman–Crippen MR) is 87.2 cm³/mol. The maximum absolute atomic E-state index is 11.8. The summed E-state index contributed by atoms with van der Waals surface area (Å²) in [7, 11) is 2.89. The second-order valence-corrected chi connectivity index (χ2v) is 5.75. The van der Waals surface area contributed by atoms with Gasteiger partial charge in [-0.15, -0.1) is 0 Å². The van der Waals surface area contributed by atoms with Crippen molar-refractivity contribution in [2.45, 2.75) is 39.7 Å². The summed E-state index contributed by atoms with van der Waals surface area (Å²) in [5.41, 5.74) is 3.23. The lowest BCUT2D eigenvalue weighted by Crippen LogP contribution is -2.03. The fraction of sp³-hybridized carbons (Fsp3) is 0.444. The molecule has 1 aliphatic rings. The van der Waals surface area contributed by atoms with Crippen molar-refractivity contribution in [3.8, 4) is 11.5 Å². The smallest absolute Gasteiger partial charge is 0.342 e. The maximum atomic E-state index is 11.8. The minimum absolute atomic E-state index is 0.0908. The number of rotatable bonds is 6. The average Bonchev–Trinajstić information content (AvgIpc) is 2.96. The van der Waals surface area contributed by atoms with Crippen molar-refractivity contribution in [2.75, 3.05) is 14.2 Å². The molecule has 0 unspecified atom stereocenters. The third kappa shape index (κ3) is 3.37. The molecule has 0 saturated carbocycles. The van der Waals surface area contributed by atoms with Gasteiger partial charge < -0.3 is 19.3 Å². The molecule has 0 spiro atoms. The fourth-order valence-electron chi connectivity index (χ4n) is 2.81. The number of carbonyl (C=O) groups is 2. The van der Waals surface area contributed by atoms with Crippen LogP contribution in [0, 0.1) is 6.92 Å². The third-order valence-electron chi connectivity index (χ3n) is 4.25. The van der Waals surface area contributed by atoms with E-state index in [4.69, 9.17) is 9.47 Å². The zero-order chi connectivity index (χ0) is 17.9. The predicted octanol–water partition coefficient (Wildman–Crippen LogP) is 2.82. The molecule has 1 aromatic rings. The van der Waals surface area contributed by atoms with Crippen LogP contribution in [0.5, 0.6) is 11.5 Å². The fourth-order valence-corrected chi connectivity index (χ4v) is 2.81. The van der Waals surface area contributed by atoms with Crippen LogP contribution < -0.4 is 4.74 Å². The largest absolute Gasteiger partial charge is 0.507 e. The number of phenols is 1. The van der Waals surface area contributed by atoms with E-state index in [1.54, 1.807) is 0 Å². The number of carbonyl (C=O) groups excluding carboxylic acids is 2. The van der Waals surface area contributed by atoms with Crippen LogP contribution in [-0.4, -0.2) is 31.3 Å². The highest BCUT2D eigenvalue weighted by Crippen LogP contribution is 2.42. The van der Waals surface area contributed by atoms with Crippen molar-refractivity contribution in [3.05, 3.63) is 33.9 Å². The SMILES string of the molecule is COC(=O)CC/C(C)=C\Cc1c(O)c2c(c(C)c1OC)COC2=O. The van der Waals surface area contributed by atoms with Gasteiger partial charge in [0.2, 0.25) is 0 Å². The molecule has 130 valence electrons. The first-order chi connectivity index (χ1) is 11.4. The van der Waals surface area contributed by atoms with Crippen LogP contribution in [0.4, 0.5) is 0 Å². The van der Waals surface area contributed by atoms with Crippen LogP contribution in [0.15, 0.2) is 11.6 Å². The summed E-state index contributed by atoms with van der Waals surface area (Å²) in [5.74, 6) is -0.311. The number of cyclic esters (lactones) is 1. The second-order valence-electron chi connectivity index (χ2n) is 5.75. The normalized spacial score (nSPS) is 13.5. The van der Waals surface area contributed by atoms with Crippen molar-refractivity contribution in [2.24, 2.45) is 0 Å². The number of aromatic hydroxyl groups is 1. The maximum Gasteiger partial charge on any atom is 0.342 e. The molecule has 0 aromatic heterocycles. The van der Waals surface area contributed by atoms with Crippen molar-refractivity contribution >= 4 is 11.9 Å². The molecule has 1 aliphatic heterocycles. The zero-order valence-electron chi connectivity index (χ0n) is 14.4. The van der Waals surface area contributed by atoms with E-state index in [9.17, 15) is 14.7 Å². The van der Waals surface area contributed by atoms with Crippen molar-refractivity contribution in [1.82, 2.24) is 0 Å². The number of phenolic OH excluding ortho intramolecular Hbond substituents is 1. The van der Waals surface area contributed by atoms with Crippen molar-refractivity contribution in [3.63, 3.8) is 0 Å². The molecular weight excluding hydrogens is 312 g/mol. The molecule has 0 saturated heterocycles. The standard InChI is InChI=1S/C18H22O6/c1-10(6-8-14(19)22-3)5-7-12-16(20)15-13(9-24-18(15)21)11(2)17(12)23-4/h5,20H,6-9H2,1-4H3/b10-5-. The molecule has 0 atom stereocenters. The lowest BCUT2D eigenvalue weighted by Gasteiger charge is -2.15. The molecule has 0 aliphatic carbocycles. The Labute approximate surface area is 141 Å². The quantitative estimate of drug-likeness (QED) is 0.636. The molecule has 2 rings (SSSR count). The van der Waals surface area contributed by atoms with Gasteiger partial charge in [-0.1, -0.05) is 11.6 Å². The molecule has 1 aromatic carbocycles. The second kappa shape index (κ2) is 7.38. The number of methoxy groups -OCH3 is 2. The van der Waals surface area contributed by atoms with E-state index in [0.29, 0.717) is 36.1 Å². The first-order valence-electron chi connectivity index (χ1n) is 7.71. The Bertz CT molecular complexity index is 702. The zero-order valence-corrected chi connectivity index (χ0v) is 14.4. The summed E-state index contributed by atoms with van der Waals surface area (Å²) >= 11 is 0. The number of esters is 2. The summed E-state index contributed by atoms with van der Waals surface area (Å²) in [6.45, 7) is 3.90. The topological polar surface area (TPSA) is 82.1 Å². The van der Waals surface area contributed by atoms with E-state index >= 15 is 0 Å². The molecule has 0 bridgehead atoms. The minimum atomic E-state index is -0.513. The van der Waals surface area contributed by atoms with E-state index < -0.39 is 5.97 Å². The first kappa shape index (κ1) is 17.8. The Kier molecular flexibility index (Phi) is 5.49. The molecule has 0 fully saturated rings. The Balaban J connectivity index is 2.30. The van der Waals surface area contributed by atoms with Gasteiger partial charge in [-0.3, -0.25) is 4.79 Å². The van der Waals surface area contributed by atoms with Crippen LogP contribution in [0.25, 0.3) is 0 Å². The van der Waals surface area contributed by atoms with Gasteiger partial charge in [0, 0.05) is 17.5 Å². The van der Waals surface area contributed by atoms with Gasteiger partial charge in [0.15, 0.2) is 0 Å². The Hall–Kier alpha value is -2.50. The molecule has 0 radical (unpaired) electrons. The lowest BCUT2D eigenvalue weighted by atomic mass is 9.94. The average molecular weight is 334 g/mol. The van der Waals surface area contributed by atoms with Gasteiger partial charge in [0.1, 0.15) is 23.7 Å². The summed E-state index contributed by atoms with van der Waals surface area (Å²) in [6, 6.07) is 0. The number of allylic oxidation sites excluding steroid dienone is 2. The van der Waals surface area contributed by atoms with E-state index in [0.717, 1.165) is 11.1 Å². The van der Waals surface area contributed by atoms with E-state index in [1.165, 1.54) is 14.2 Å². The molecule has 0 amide bonds. The highest BCUT2D eigenvalue weighted by Gasteiger charge is 2.31. The summed E-state index contributed by atoms with van der Waals surface area (Å²) < 4.78 is 15.1. The van der Waals surface area contributed by atoms with Crippen LogP contribution in [0.1, 0.15) is 46.8 Å². The summed E-state index contributed by atoms with van der Waals surface area (Å²) in [5, 5.41) is 10.5. The van der Waals surface area contributed by atoms with Gasteiger partial charge in [0.05, 0.1) is 14.2 Å². The first-order valence-corrected chi connectivity index (χ1v) is 7.71. The van der Waals surface area contributed by atoms with Gasteiger partial charge in [-0.2, -0.15) is 0 Å². The summed E-state index contributed by atoms with van der Waals surface area (Å²) in [6.07, 6.45) is 3.18. The molecule has 24 heavy (non-hydrogen) atoms. The number of hydrogen-bond donors (Lipinski definition) is 1. The number of fused-ring (bicyclic) bond motifs is 1. The number of benzene rings is 1. The number of ether oxygens (including phenoxy) is 3. The van der Waals surface area contributed by atoms with Gasteiger partial charge in [-0.25, -0.2) is 4.79 Å². The molecule has 1 N–H and O–H groups in total.